The molecule has 18 heavy (non-hydrogen) atoms. The Kier molecular flexibility index (Phi) is 3.11. The molecule has 96 valence electrons. The molecule has 2 fully saturated rings. The Bertz CT molecular complexity index is 425. The van der Waals surface area contributed by atoms with Crippen molar-refractivity contribution in [2.45, 2.75) is 32.6 Å². The smallest absolute Gasteiger partial charge is 0.253 e. The number of likely N-dealkylation sites (tertiary alicyclic amines) is 1. The topological polar surface area (TPSA) is 20.3 Å². The Labute approximate surface area is 109 Å². The summed E-state index contributed by atoms with van der Waals surface area (Å²) in [4.78, 5) is 14.5. The molecular weight excluding hydrogens is 222 g/mol. The van der Waals surface area contributed by atoms with Crippen LogP contribution in [0.25, 0.3) is 0 Å². The number of carbonyl (C=O) groups excluding carboxylic acids is 1. The average Bonchev–Trinajstić information content (AvgIpc) is 2.99. The van der Waals surface area contributed by atoms with E-state index < -0.39 is 0 Å². The van der Waals surface area contributed by atoms with E-state index in [1.54, 1.807) is 0 Å². The van der Waals surface area contributed by atoms with Crippen molar-refractivity contribution in [3.05, 3.63) is 35.4 Å². The van der Waals surface area contributed by atoms with E-state index in [-0.39, 0.29) is 5.91 Å². The van der Waals surface area contributed by atoms with Crippen LogP contribution in [0.4, 0.5) is 0 Å². The summed E-state index contributed by atoms with van der Waals surface area (Å²) in [7, 11) is 0. The lowest BCUT2D eigenvalue weighted by Crippen LogP contribution is -2.29. The maximum atomic E-state index is 12.4. The van der Waals surface area contributed by atoms with Crippen LogP contribution < -0.4 is 0 Å². The first-order chi connectivity index (χ1) is 8.78. The van der Waals surface area contributed by atoms with Crippen molar-refractivity contribution in [1.29, 1.82) is 0 Å². The first-order valence-electron chi connectivity index (χ1n) is 7.16. The van der Waals surface area contributed by atoms with E-state index in [9.17, 15) is 4.79 Å². The monoisotopic (exact) mass is 243 g/mol. The van der Waals surface area contributed by atoms with Gasteiger partial charge in [0.25, 0.3) is 5.91 Å². The van der Waals surface area contributed by atoms with Crippen LogP contribution in [0.15, 0.2) is 24.3 Å². The minimum atomic E-state index is 0.229. The molecule has 2 aliphatic rings. The van der Waals surface area contributed by atoms with Crippen LogP contribution in [-0.4, -0.2) is 23.9 Å². The fraction of sp³-hybridized carbons (Fsp3) is 0.562. The summed E-state index contributed by atoms with van der Waals surface area (Å²) in [6.45, 7) is 4.11. The number of carbonyl (C=O) groups is 1. The fourth-order valence-corrected chi connectivity index (χ4v) is 3.47. The maximum Gasteiger partial charge on any atom is 0.253 e. The average molecular weight is 243 g/mol. The fourth-order valence-electron chi connectivity index (χ4n) is 3.47. The van der Waals surface area contributed by atoms with Crippen LogP contribution in [0.2, 0.25) is 0 Å². The Balaban J connectivity index is 1.70. The van der Waals surface area contributed by atoms with Gasteiger partial charge in [-0.3, -0.25) is 4.79 Å². The van der Waals surface area contributed by atoms with Crippen molar-refractivity contribution in [1.82, 2.24) is 4.90 Å². The lowest BCUT2D eigenvalue weighted by atomic mass is 10.0. The summed E-state index contributed by atoms with van der Waals surface area (Å²) < 4.78 is 0. The molecular formula is C16H21NO. The number of aryl methyl sites for hydroxylation is 1. The molecule has 2 nitrogen and oxygen atoms in total. The lowest BCUT2D eigenvalue weighted by molar-refractivity contribution is 0.0780. The molecule has 0 spiro atoms. The molecule has 1 amide bonds. The molecule has 2 heteroatoms. The zero-order valence-corrected chi connectivity index (χ0v) is 11.1. The molecule has 0 bridgehead atoms. The predicted octanol–water partition coefficient (Wildman–Crippen LogP) is 3.12. The van der Waals surface area contributed by atoms with Gasteiger partial charge in [-0.2, -0.15) is 0 Å². The second-order valence-corrected chi connectivity index (χ2v) is 5.71. The van der Waals surface area contributed by atoms with Crippen molar-refractivity contribution in [3.63, 3.8) is 0 Å². The van der Waals surface area contributed by atoms with Gasteiger partial charge < -0.3 is 4.90 Å². The van der Waals surface area contributed by atoms with Crippen molar-refractivity contribution >= 4 is 5.91 Å². The molecule has 1 saturated carbocycles. The summed E-state index contributed by atoms with van der Waals surface area (Å²) in [5, 5.41) is 0. The zero-order valence-electron chi connectivity index (χ0n) is 11.1. The van der Waals surface area contributed by atoms with Gasteiger partial charge in [0, 0.05) is 18.7 Å². The van der Waals surface area contributed by atoms with Crippen LogP contribution in [-0.2, 0) is 6.42 Å². The molecule has 1 aliphatic heterocycles. The second kappa shape index (κ2) is 4.75. The molecule has 3 rings (SSSR count). The summed E-state index contributed by atoms with van der Waals surface area (Å²) >= 11 is 0. The standard InChI is InChI=1S/C16H21NO/c1-2-12-6-8-13(9-7-12)16(18)17-10-14-4-3-5-15(14)11-17/h6-9,14-15H,2-5,10-11H2,1H3/t14-,15+. The Morgan fingerprint density at radius 1 is 1.17 bits per heavy atom. The molecule has 1 aromatic carbocycles. The van der Waals surface area contributed by atoms with E-state index in [1.807, 2.05) is 12.1 Å². The third-order valence-electron chi connectivity index (χ3n) is 4.62. The molecule has 1 heterocycles. The summed E-state index contributed by atoms with van der Waals surface area (Å²) in [6, 6.07) is 8.11. The molecule has 0 radical (unpaired) electrons. The van der Waals surface area contributed by atoms with E-state index in [4.69, 9.17) is 0 Å². The van der Waals surface area contributed by atoms with Gasteiger partial charge in [0.1, 0.15) is 0 Å². The molecule has 0 N–H and O–H groups in total. The Morgan fingerprint density at radius 3 is 2.33 bits per heavy atom. The number of benzene rings is 1. The first kappa shape index (κ1) is 11.8. The zero-order chi connectivity index (χ0) is 12.5. The van der Waals surface area contributed by atoms with Gasteiger partial charge in [0.05, 0.1) is 0 Å². The van der Waals surface area contributed by atoms with E-state index in [1.165, 1.54) is 24.8 Å². The van der Waals surface area contributed by atoms with Crippen LogP contribution in [0, 0.1) is 11.8 Å². The third kappa shape index (κ3) is 2.05. The van der Waals surface area contributed by atoms with Crippen LogP contribution in [0.1, 0.15) is 42.1 Å². The molecule has 0 unspecified atom stereocenters. The van der Waals surface area contributed by atoms with E-state index in [0.717, 1.165) is 36.9 Å². The minimum Gasteiger partial charge on any atom is -0.338 e. The largest absolute Gasteiger partial charge is 0.338 e. The number of rotatable bonds is 2. The van der Waals surface area contributed by atoms with Gasteiger partial charge in [0.15, 0.2) is 0 Å². The molecule has 1 aliphatic carbocycles. The number of fused-ring (bicyclic) bond motifs is 1. The highest BCUT2D eigenvalue weighted by Crippen LogP contribution is 2.38. The van der Waals surface area contributed by atoms with Gasteiger partial charge in [-0.1, -0.05) is 25.5 Å². The lowest BCUT2D eigenvalue weighted by Gasteiger charge is -2.17. The van der Waals surface area contributed by atoms with Gasteiger partial charge in [-0.15, -0.1) is 0 Å². The molecule has 0 aromatic heterocycles. The summed E-state index contributed by atoms with van der Waals surface area (Å²) in [5.74, 6) is 1.79. The van der Waals surface area contributed by atoms with Gasteiger partial charge in [0.2, 0.25) is 0 Å². The van der Waals surface area contributed by atoms with Gasteiger partial charge >= 0.3 is 0 Å². The van der Waals surface area contributed by atoms with Crippen LogP contribution in [0.3, 0.4) is 0 Å². The highest BCUT2D eigenvalue weighted by atomic mass is 16.2. The van der Waals surface area contributed by atoms with Crippen molar-refractivity contribution in [3.8, 4) is 0 Å². The molecule has 2 atom stereocenters. The van der Waals surface area contributed by atoms with Gasteiger partial charge in [-0.25, -0.2) is 0 Å². The third-order valence-corrected chi connectivity index (χ3v) is 4.62. The Hall–Kier alpha value is -1.31. The quantitative estimate of drug-likeness (QED) is 0.781. The van der Waals surface area contributed by atoms with E-state index in [2.05, 4.69) is 24.0 Å². The van der Waals surface area contributed by atoms with E-state index >= 15 is 0 Å². The number of hydrogen-bond acceptors (Lipinski definition) is 1. The highest BCUT2D eigenvalue weighted by Gasteiger charge is 2.38. The summed E-state index contributed by atoms with van der Waals surface area (Å²) in [6.07, 6.45) is 5.04. The number of nitrogens with zero attached hydrogens (tertiary/aromatic N) is 1. The predicted molar refractivity (Wildman–Crippen MR) is 72.6 cm³/mol. The minimum absolute atomic E-state index is 0.229. The maximum absolute atomic E-state index is 12.4. The normalized spacial score (nSPS) is 26.4. The van der Waals surface area contributed by atoms with Crippen molar-refractivity contribution in [2.75, 3.05) is 13.1 Å². The second-order valence-electron chi connectivity index (χ2n) is 5.71. The van der Waals surface area contributed by atoms with Crippen LogP contribution >= 0.6 is 0 Å². The van der Waals surface area contributed by atoms with Crippen LogP contribution in [0.5, 0.6) is 0 Å². The molecule has 1 aromatic rings. The first-order valence-corrected chi connectivity index (χ1v) is 7.16. The highest BCUT2D eigenvalue weighted by molar-refractivity contribution is 5.94. The summed E-state index contributed by atoms with van der Waals surface area (Å²) in [5.41, 5.74) is 2.15. The van der Waals surface area contributed by atoms with Gasteiger partial charge in [-0.05, 0) is 48.8 Å². The number of hydrogen-bond donors (Lipinski definition) is 0. The van der Waals surface area contributed by atoms with Crippen molar-refractivity contribution in [2.24, 2.45) is 11.8 Å². The van der Waals surface area contributed by atoms with Crippen molar-refractivity contribution < 1.29 is 4.79 Å². The SMILES string of the molecule is CCc1ccc(C(=O)N2C[C@H]3CCC[C@H]3C2)cc1. The Morgan fingerprint density at radius 2 is 1.78 bits per heavy atom. The number of amides is 1. The van der Waals surface area contributed by atoms with E-state index in [0.29, 0.717) is 0 Å². The molecule has 1 saturated heterocycles.